The standard InChI is InChI=1S/C7H16N2O2.ClH/c1-8-6-7(10)9-4-3-5-11-2;/h8H,3-6H2,1-2H3,(H,9,10);1H. The lowest BCUT2D eigenvalue weighted by molar-refractivity contribution is -0.120. The van der Waals surface area contributed by atoms with Crippen molar-refractivity contribution in [2.45, 2.75) is 6.42 Å². The predicted molar refractivity (Wildman–Crippen MR) is 50.7 cm³/mol. The molecule has 0 saturated heterocycles. The SMILES string of the molecule is CNCC(=O)NCCCOC.Cl. The number of nitrogens with one attached hydrogen (secondary N) is 2. The van der Waals surface area contributed by atoms with E-state index in [1.807, 2.05) is 0 Å². The second-order valence-corrected chi connectivity index (χ2v) is 2.23. The van der Waals surface area contributed by atoms with E-state index in [0.29, 0.717) is 19.7 Å². The largest absolute Gasteiger partial charge is 0.385 e. The van der Waals surface area contributed by atoms with Crippen molar-refractivity contribution in [3.8, 4) is 0 Å². The van der Waals surface area contributed by atoms with E-state index in [1.165, 1.54) is 0 Å². The third kappa shape index (κ3) is 9.68. The van der Waals surface area contributed by atoms with E-state index in [4.69, 9.17) is 4.74 Å². The van der Waals surface area contributed by atoms with Crippen LogP contribution in [-0.4, -0.2) is 39.8 Å². The Labute approximate surface area is 79.5 Å². The number of likely N-dealkylation sites (N-methyl/N-ethyl adjacent to an activating group) is 1. The molecule has 1 amide bonds. The van der Waals surface area contributed by atoms with Gasteiger partial charge in [0.1, 0.15) is 0 Å². The molecule has 0 saturated carbocycles. The van der Waals surface area contributed by atoms with E-state index < -0.39 is 0 Å². The first-order chi connectivity index (χ1) is 5.31. The summed E-state index contributed by atoms with van der Waals surface area (Å²) in [5, 5.41) is 5.50. The molecule has 0 heterocycles. The Balaban J connectivity index is 0. The quantitative estimate of drug-likeness (QED) is 0.578. The van der Waals surface area contributed by atoms with E-state index in [-0.39, 0.29) is 18.3 Å². The molecule has 0 radical (unpaired) electrons. The smallest absolute Gasteiger partial charge is 0.233 e. The fourth-order valence-electron chi connectivity index (χ4n) is 0.667. The van der Waals surface area contributed by atoms with Gasteiger partial charge >= 0.3 is 0 Å². The summed E-state index contributed by atoms with van der Waals surface area (Å²) in [4.78, 5) is 10.8. The number of halogens is 1. The summed E-state index contributed by atoms with van der Waals surface area (Å²) in [5.41, 5.74) is 0. The minimum Gasteiger partial charge on any atom is -0.385 e. The van der Waals surface area contributed by atoms with Gasteiger partial charge in [-0.1, -0.05) is 0 Å². The lowest BCUT2D eigenvalue weighted by Gasteiger charge is -2.02. The van der Waals surface area contributed by atoms with Crippen molar-refractivity contribution in [2.75, 3.05) is 33.9 Å². The van der Waals surface area contributed by atoms with Gasteiger partial charge in [-0.2, -0.15) is 0 Å². The Bertz CT molecular complexity index is 112. The number of hydrogen-bond donors (Lipinski definition) is 2. The first kappa shape index (κ1) is 14.2. The molecule has 0 rings (SSSR count). The van der Waals surface area contributed by atoms with Crippen LogP contribution >= 0.6 is 12.4 Å². The molecule has 0 fully saturated rings. The zero-order chi connectivity index (χ0) is 8.53. The summed E-state index contributed by atoms with van der Waals surface area (Å²) >= 11 is 0. The van der Waals surface area contributed by atoms with Gasteiger partial charge in [0, 0.05) is 20.3 Å². The average Bonchev–Trinajstić information content (AvgIpc) is 1.99. The van der Waals surface area contributed by atoms with Crippen LogP contribution in [0.3, 0.4) is 0 Å². The van der Waals surface area contributed by atoms with Gasteiger partial charge in [0.15, 0.2) is 0 Å². The summed E-state index contributed by atoms with van der Waals surface area (Å²) in [6.45, 7) is 1.77. The zero-order valence-corrected chi connectivity index (χ0v) is 8.37. The molecule has 0 spiro atoms. The molecular weight excluding hydrogens is 180 g/mol. The summed E-state index contributed by atoms with van der Waals surface area (Å²) < 4.78 is 4.82. The first-order valence-corrected chi connectivity index (χ1v) is 3.71. The summed E-state index contributed by atoms with van der Waals surface area (Å²) in [7, 11) is 3.39. The second kappa shape index (κ2) is 10.7. The molecule has 0 aromatic heterocycles. The normalized spacial score (nSPS) is 8.83. The molecule has 0 bridgehead atoms. The molecule has 0 aromatic rings. The topological polar surface area (TPSA) is 50.4 Å². The predicted octanol–water partition coefficient (Wildman–Crippen LogP) is -0.220. The molecule has 0 aliphatic heterocycles. The van der Waals surface area contributed by atoms with E-state index in [9.17, 15) is 4.79 Å². The van der Waals surface area contributed by atoms with Crippen molar-refractivity contribution in [3.63, 3.8) is 0 Å². The van der Waals surface area contributed by atoms with Crippen LogP contribution in [0.4, 0.5) is 0 Å². The fraction of sp³-hybridized carbons (Fsp3) is 0.857. The van der Waals surface area contributed by atoms with Gasteiger partial charge in [0.2, 0.25) is 5.91 Å². The van der Waals surface area contributed by atoms with Crippen LogP contribution in [0.5, 0.6) is 0 Å². The lowest BCUT2D eigenvalue weighted by atomic mass is 10.4. The maximum Gasteiger partial charge on any atom is 0.233 e. The van der Waals surface area contributed by atoms with Gasteiger partial charge in [-0.25, -0.2) is 0 Å². The number of amides is 1. The Kier molecular flexibility index (Phi) is 12.7. The molecule has 0 aromatic carbocycles. The number of ether oxygens (including phenoxy) is 1. The van der Waals surface area contributed by atoms with Crippen LogP contribution in [-0.2, 0) is 9.53 Å². The lowest BCUT2D eigenvalue weighted by Crippen LogP contribution is -2.33. The number of carbonyl (C=O) groups is 1. The monoisotopic (exact) mass is 196 g/mol. The number of hydrogen-bond acceptors (Lipinski definition) is 3. The number of carbonyl (C=O) groups excluding carboxylic acids is 1. The minimum atomic E-state index is 0. The number of methoxy groups -OCH3 is 1. The highest BCUT2D eigenvalue weighted by Gasteiger charge is 1.95. The number of rotatable bonds is 6. The second-order valence-electron chi connectivity index (χ2n) is 2.23. The van der Waals surface area contributed by atoms with E-state index >= 15 is 0 Å². The van der Waals surface area contributed by atoms with E-state index in [2.05, 4.69) is 10.6 Å². The Morgan fingerprint density at radius 1 is 1.50 bits per heavy atom. The molecule has 5 heteroatoms. The third-order valence-electron chi connectivity index (χ3n) is 1.18. The van der Waals surface area contributed by atoms with Gasteiger partial charge in [-0.05, 0) is 13.5 Å². The molecule has 0 unspecified atom stereocenters. The molecule has 4 nitrogen and oxygen atoms in total. The van der Waals surface area contributed by atoms with Crippen molar-refractivity contribution in [1.82, 2.24) is 10.6 Å². The van der Waals surface area contributed by atoms with Crippen molar-refractivity contribution >= 4 is 18.3 Å². The molecule has 12 heavy (non-hydrogen) atoms. The summed E-state index contributed by atoms with van der Waals surface area (Å²) in [5.74, 6) is 0.0311. The van der Waals surface area contributed by atoms with Crippen molar-refractivity contribution in [2.24, 2.45) is 0 Å². The average molecular weight is 197 g/mol. The van der Waals surface area contributed by atoms with Gasteiger partial charge < -0.3 is 15.4 Å². The highest BCUT2D eigenvalue weighted by atomic mass is 35.5. The summed E-state index contributed by atoms with van der Waals surface area (Å²) in [6.07, 6.45) is 0.867. The fourth-order valence-corrected chi connectivity index (χ4v) is 0.667. The van der Waals surface area contributed by atoms with Crippen LogP contribution in [0.2, 0.25) is 0 Å². The van der Waals surface area contributed by atoms with Crippen molar-refractivity contribution in [3.05, 3.63) is 0 Å². The van der Waals surface area contributed by atoms with Crippen LogP contribution in [0.1, 0.15) is 6.42 Å². The Hall–Kier alpha value is -0.320. The summed E-state index contributed by atoms with van der Waals surface area (Å²) in [6, 6.07) is 0. The van der Waals surface area contributed by atoms with Gasteiger partial charge in [0.05, 0.1) is 6.54 Å². The van der Waals surface area contributed by atoms with Crippen LogP contribution in [0.25, 0.3) is 0 Å². The zero-order valence-electron chi connectivity index (χ0n) is 7.55. The third-order valence-corrected chi connectivity index (χ3v) is 1.18. The van der Waals surface area contributed by atoms with Crippen LogP contribution < -0.4 is 10.6 Å². The molecule has 2 N–H and O–H groups in total. The molecule has 74 valence electrons. The van der Waals surface area contributed by atoms with Crippen molar-refractivity contribution < 1.29 is 9.53 Å². The van der Waals surface area contributed by atoms with Crippen LogP contribution in [0, 0.1) is 0 Å². The molecule has 0 aliphatic rings. The first-order valence-electron chi connectivity index (χ1n) is 3.71. The van der Waals surface area contributed by atoms with Gasteiger partial charge in [0.25, 0.3) is 0 Å². The van der Waals surface area contributed by atoms with Crippen molar-refractivity contribution in [1.29, 1.82) is 0 Å². The Morgan fingerprint density at radius 3 is 2.67 bits per heavy atom. The highest BCUT2D eigenvalue weighted by Crippen LogP contribution is 1.76. The van der Waals surface area contributed by atoms with Gasteiger partial charge in [-0.3, -0.25) is 4.79 Å². The minimum absolute atomic E-state index is 0. The van der Waals surface area contributed by atoms with Crippen LogP contribution in [0.15, 0.2) is 0 Å². The molecule has 0 aliphatic carbocycles. The van der Waals surface area contributed by atoms with Gasteiger partial charge in [-0.15, -0.1) is 12.4 Å². The molecular formula is C7H17ClN2O2. The Morgan fingerprint density at radius 2 is 2.17 bits per heavy atom. The maximum absolute atomic E-state index is 10.8. The molecule has 0 atom stereocenters. The highest BCUT2D eigenvalue weighted by molar-refractivity contribution is 5.85. The van der Waals surface area contributed by atoms with E-state index in [1.54, 1.807) is 14.2 Å². The van der Waals surface area contributed by atoms with E-state index in [0.717, 1.165) is 6.42 Å². The maximum atomic E-state index is 10.8.